The Hall–Kier alpha value is -2.74. The Morgan fingerprint density at radius 2 is 1.97 bits per heavy atom. The van der Waals surface area contributed by atoms with Crippen LogP contribution in [0, 0.1) is 11.2 Å². The summed E-state index contributed by atoms with van der Waals surface area (Å²) in [6, 6.07) is 3.97. The van der Waals surface area contributed by atoms with E-state index in [1.165, 1.54) is 24.5 Å². The van der Waals surface area contributed by atoms with Crippen molar-refractivity contribution in [1.29, 1.82) is 0 Å². The van der Waals surface area contributed by atoms with Gasteiger partial charge in [0.1, 0.15) is 17.9 Å². The summed E-state index contributed by atoms with van der Waals surface area (Å²) in [4.78, 5) is 25.7. The van der Waals surface area contributed by atoms with Crippen molar-refractivity contribution < 1.29 is 13.9 Å². The van der Waals surface area contributed by atoms with Crippen LogP contribution in [0.2, 0.25) is 0 Å². The average Bonchev–Trinajstić information content (AvgIpc) is 3.18. The van der Waals surface area contributed by atoms with Crippen LogP contribution in [0.3, 0.4) is 0 Å². The summed E-state index contributed by atoms with van der Waals surface area (Å²) in [5, 5.41) is 3.43. The molecule has 0 radical (unpaired) electrons. The Bertz CT molecular complexity index is 943. The maximum Gasteiger partial charge on any atom is 0.258 e. The van der Waals surface area contributed by atoms with Crippen molar-refractivity contribution in [2.24, 2.45) is 5.41 Å². The number of rotatable bonds is 6. The zero-order valence-electron chi connectivity index (χ0n) is 18.6. The van der Waals surface area contributed by atoms with Gasteiger partial charge in [-0.1, -0.05) is 0 Å². The van der Waals surface area contributed by atoms with Crippen molar-refractivity contribution in [3.05, 3.63) is 42.1 Å². The highest BCUT2D eigenvalue weighted by Gasteiger charge is 2.46. The Morgan fingerprint density at radius 3 is 2.61 bits per heavy atom. The zero-order valence-corrected chi connectivity index (χ0v) is 18.6. The van der Waals surface area contributed by atoms with Crippen molar-refractivity contribution in [2.45, 2.75) is 46.2 Å². The van der Waals surface area contributed by atoms with E-state index in [1.54, 1.807) is 11.1 Å². The van der Waals surface area contributed by atoms with Crippen LogP contribution in [-0.2, 0) is 0 Å². The van der Waals surface area contributed by atoms with Gasteiger partial charge in [-0.3, -0.25) is 4.79 Å². The molecular formula is C23H30FN5O2. The largest absolute Gasteiger partial charge is 0.451 e. The van der Waals surface area contributed by atoms with Gasteiger partial charge in [-0.2, -0.15) is 0 Å². The van der Waals surface area contributed by atoms with Crippen molar-refractivity contribution in [3.8, 4) is 11.5 Å². The lowest BCUT2D eigenvalue weighted by Crippen LogP contribution is -2.57. The summed E-state index contributed by atoms with van der Waals surface area (Å²) in [5.41, 5.74) is 0.492. The van der Waals surface area contributed by atoms with Gasteiger partial charge in [-0.15, -0.1) is 0 Å². The summed E-state index contributed by atoms with van der Waals surface area (Å²) in [5.74, 6) is 0.708. The molecule has 0 aliphatic carbocycles. The molecule has 0 bridgehead atoms. The number of nitrogens with zero attached hydrogens (tertiary/aromatic N) is 4. The second kappa shape index (κ2) is 8.42. The Kier molecular flexibility index (Phi) is 5.83. The maximum atomic E-state index is 14.1. The fraction of sp³-hybridized carbons (Fsp3) is 0.522. The molecule has 2 fully saturated rings. The van der Waals surface area contributed by atoms with Crippen LogP contribution < -0.4 is 15.0 Å². The highest BCUT2D eigenvalue weighted by molar-refractivity contribution is 5.97. The monoisotopic (exact) mass is 427 g/mol. The molecule has 2 aliphatic heterocycles. The van der Waals surface area contributed by atoms with E-state index in [0.717, 1.165) is 32.6 Å². The normalized spacial score (nSPS) is 17.3. The lowest BCUT2D eigenvalue weighted by Gasteiger charge is -2.48. The number of anilines is 1. The molecule has 1 amide bonds. The first-order valence-electron chi connectivity index (χ1n) is 10.9. The second-order valence-electron chi connectivity index (χ2n) is 9.14. The molecule has 1 aromatic heterocycles. The standard InChI is InChI=1S/C23H30FN5O2/c1-15(2)29(16(3)4)22(30)18-9-17(24)5-6-19(18)31-20-10-26-14-27-21(20)28-12-23(13-28)7-8-25-11-23/h5-6,9-10,14-16,25H,7-8,11-13H2,1-4H3. The lowest BCUT2D eigenvalue weighted by atomic mass is 9.79. The van der Waals surface area contributed by atoms with Crippen LogP contribution in [-0.4, -0.2) is 59.0 Å². The molecule has 0 saturated carbocycles. The first-order valence-corrected chi connectivity index (χ1v) is 10.9. The number of benzene rings is 1. The number of carbonyl (C=O) groups is 1. The van der Waals surface area contributed by atoms with Crippen LogP contribution in [0.1, 0.15) is 44.5 Å². The number of ether oxygens (including phenoxy) is 1. The van der Waals surface area contributed by atoms with Crippen molar-refractivity contribution >= 4 is 11.7 Å². The molecule has 0 atom stereocenters. The molecule has 1 spiro atoms. The number of hydrogen-bond donors (Lipinski definition) is 1. The highest BCUT2D eigenvalue weighted by Crippen LogP contribution is 2.42. The summed E-state index contributed by atoms with van der Waals surface area (Å²) in [6.07, 6.45) is 4.25. The van der Waals surface area contributed by atoms with Gasteiger partial charge < -0.3 is 19.9 Å². The molecule has 2 aromatic rings. The van der Waals surface area contributed by atoms with Crippen LogP contribution in [0.5, 0.6) is 11.5 Å². The third-order valence-corrected chi connectivity index (χ3v) is 6.08. The molecule has 0 unspecified atom stereocenters. The molecule has 4 rings (SSSR count). The van der Waals surface area contributed by atoms with Crippen LogP contribution in [0.15, 0.2) is 30.7 Å². The third-order valence-electron chi connectivity index (χ3n) is 6.08. The van der Waals surface area contributed by atoms with Gasteiger partial charge in [-0.05, 0) is 58.9 Å². The molecule has 166 valence electrons. The predicted molar refractivity (Wildman–Crippen MR) is 117 cm³/mol. The first-order chi connectivity index (χ1) is 14.8. The van der Waals surface area contributed by atoms with Crippen molar-refractivity contribution in [1.82, 2.24) is 20.2 Å². The van der Waals surface area contributed by atoms with E-state index in [0.29, 0.717) is 22.7 Å². The summed E-state index contributed by atoms with van der Waals surface area (Å²) >= 11 is 0. The molecular weight excluding hydrogens is 397 g/mol. The van der Waals surface area contributed by atoms with Crippen molar-refractivity contribution in [3.63, 3.8) is 0 Å². The predicted octanol–water partition coefficient (Wildman–Crippen LogP) is 3.47. The number of aromatic nitrogens is 2. The van der Waals surface area contributed by atoms with E-state index in [4.69, 9.17) is 4.74 Å². The second-order valence-corrected chi connectivity index (χ2v) is 9.14. The van der Waals surface area contributed by atoms with Gasteiger partial charge in [0, 0.05) is 37.1 Å². The topological polar surface area (TPSA) is 70.6 Å². The van der Waals surface area contributed by atoms with E-state index < -0.39 is 5.82 Å². The minimum Gasteiger partial charge on any atom is -0.451 e. The van der Waals surface area contributed by atoms with Crippen LogP contribution in [0.25, 0.3) is 0 Å². The van der Waals surface area contributed by atoms with Gasteiger partial charge in [0.15, 0.2) is 11.6 Å². The number of nitrogens with one attached hydrogen (secondary N) is 1. The fourth-order valence-corrected chi connectivity index (χ4v) is 4.68. The number of hydrogen-bond acceptors (Lipinski definition) is 6. The molecule has 2 saturated heterocycles. The van der Waals surface area contributed by atoms with Crippen molar-refractivity contribution in [2.75, 3.05) is 31.1 Å². The smallest absolute Gasteiger partial charge is 0.258 e. The number of carbonyl (C=O) groups excluding carboxylic acids is 1. The minimum absolute atomic E-state index is 0.0310. The maximum absolute atomic E-state index is 14.1. The Balaban J connectivity index is 1.62. The van der Waals surface area contributed by atoms with E-state index in [2.05, 4.69) is 20.2 Å². The average molecular weight is 428 g/mol. The summed E-state index contributed by atoms with van der Waals surface area (Å²) < 4.78 is 20.2. The zero-order chi connectivity index (χ0) is 22.2. The lowest BCUT2D eigenvalue weighted by molar-refractivity contribution is 0.0640. The Labute approximate surface area is 182 Å². The quantitative estimate of drug-likeness (QED) is 0.761. The molecule has 8 heteroatoms. The van der Waals surface area contributed by atoms with Gasteiger partial charge in [0.2, 0.25) is 0 Å². The number of amides is 1. The molecule has 7 nitrogen and oxygen atoms in total. The molecule has 1 N–H and O–H groups in total. The molecule has 1 aromatic carbocycles. The van der Waals surface area contributed by atoms with Gasteiger partial charge in [0.05, 0.1) is 11.8 Å². The Morgan fingerprint density at radius 1 is 1.23 bits per heavy atom. The summed E-state index contributed by atoms with van der Waals surface area (Å²) in [6.45, 7) is 11.6. The van der Waals surface area contributed by atoms with E-state index >= 15 is 0 Å². The van der Waals surface area contributed by atoms with Gasteiger partial charge in [-0.25, -0.2) is 14.4 Å². The molecule has 2 aliphatic rings. The van der Waals surface area contributed by atoms with E-state index in [-0.39, 0.29) is 23.6 Å². The highest BCUT2D eigenvalue weighted by atomic mass is 19.1. The third kappa shape index (κ3) is 4.21. The van der Waals surface area contributed by atoms with Crippen LogP contribution in [0.4, 0.5) is 10.2 Å². The van der Waals surface area contributed by atoms with E-state index in [9.17, 15) is 9.18 Å². The number of halogens is 1. The molecule has 3 heterocycles. The molecule has 31 heavy (non-hydrogen) atoms. The fourth-order valence-electron chi connectivity index (χ4n) is 4.68. The van der Waals surface area contributed by atoms with Gasteiger partial charge >= 0.3 is 0 Å². The van der Waals surface area contributed by atoms with Gasteiger partial charge in [0.25, 0.3) is 5.91 Å². The van der Waals surface area contributed by atoms with E-state index in [1.807, 2.05) is 27.7 Å². The first kappa shape index (κ1) is 21.5. The summed E-state index contributed by atoms with van der Waals surface area (Å²) in [7, 11) is 0. The SMILES string of the molecule is CC(C)N(C(=O)c1cc(F)ccc1Oc1cncnc1N1CC2(CCNC2)C1)C(C)C. The minimum atomic E-state index is -0.480. The van der Waals surface area contributed by atoms with Crippen LogP contribution >= 0.6 is 0 Å².